The molecule has 0 unspecified atom stereocenters. The minimum atomic E-state index is 0.547. The van der Waals surface area contributed by atoms with Gasteiger partial charge < -0.3 is 9.47 Å². The molecule has 0 atom stereocenters. The maximum atomic E-state index is 5.62. The van der Waals surface area contributed by atoms with E-state index in [1.807, 2.05) is 31.2 Å². The topological polar surface area (TPSA) is 18.5 Å². The molecule has 1 rings (SSSR count). The fraction of sp³-hybridized carbons (Fsp3) is 0.333. The first-order valence-electron chi connectivity index (χ1n) is 5.74. The monoisotopic (exact) mass is 232 g/mol. The van der Waals surface area contributed by atoms with E-state index in [1.165, 1.54) is 5.56 Å². The smallest absolute Gasteiger partial charge is 0.126 e. The van der Waals surface area contributed by atoms with Crippen LogP contribution < -0.4 is 15.2 Å². The van der Waals surface area contributed by atoms with Crippen LogP contribution in [-0.2, 0) is 4.74 Å². The van der Waals surface area contributed by atoms with Crippen molar-refractivity contribution in [2.75, 3.05) is 20.3 Å². The predicted octanol–water partition coefficient (Wildman–Crippen LogP) is 1.79. The van der Waals surface area contributed by atoms with Crippen LogP contribution in [0.5, 0.6) is 5.75 Å². The molecule has 0 spiro atoms. The molecule has 2 heteroatoms. The van der Waals surface area contributed by atoms with Gasteiger partial charge in [0.05, 0.1) is 6.61 Å². The summed E-state index contributed by atoms with van der Waals surface area (Å²) in [5, 5.41) is 2.05. The summed E-state index contributed by atoms with van der Waals surface area (Å²) in [6.07, 6.45) is 6.06. The van der Waals surface area contributed by atoms with Crippen molar-refractivity contribution in [2.45, 2.75) is 13.8 Å². The third kappa shape index (κ3) is 3.75. The van der Waals surface area contributed by atoms with E-state index in [4.69, 9.17) is 9.47 Å². The Labute approximate surface area is 103 Å². The minimum absolute atomic E-state index is 0.547. The predicted molar refractivity (Wildman–Crippen MR) is 72.6 cm³/mol. The van der Waals surface area contributed by atoms with Crippen LogP contribution in [0, 0.1) is 6.92 Å². The molecule has 0 radical (unpaired) electrons. The zero-order chi connectivity index (χ0) is 12.7. The van der Waals surface area contributed by atoms with E-state index in [9.17, 15) is 0 Å². The summed E-state index contributed by atoms with van der Waals surface area (Å²) in [6, 6.07) is 4.01. The molecule has 0 amide bonds. The highest BCUT2D eigenvalue weighted by molar-refractivity contribution is 5.44. The van der Waals surface area contributed by atoms with Crippen LogP contribution in [0.2, 0.25) is 0 Å². The molecule has 2 nitrogen and oxygen atoms in total. The summed E-state index contributed by atoms with van der Waals surface area (Å²) in [4.78, 5) is 0. The molecule has 0 saturated heterocycles. The molecule has 92 valence electrons. The van der Waals surface area contributed by atoms with Crippen LogP contribution in [0.15, 0.2) is 24.3 Å². The molecule has 0 aromatic heterocycles. The van der Waals surface area contributed by atoms with Gasteiger partial charge in [0, 0.05) is 12.3 Å². The average molecular weight is 232 g/mol. The van der Waals surface area contributed by atoms with E-state index in [0.717, 1.165) is 16.2 Å². The van der Waals surface area contributed by atoms with Crippen molar-refractivity contribution in [3.8, 4) is 5.75 Å². The van der Waals surface area contributed by atoms with Crippen LogP contribution in [-0.4, -0.2) is 20.3 Å². The number of ether oxygens (including phenoxy) is 2. The number of hydrogen-bond donors (Lipinski definition) is 0. The van der Waals surface area contributed by atoms with Gasteiger partial charge in [0.1, 0.15) is 12.4 Å². The van der Waals surface area contributed by atoms with Crippen LogP contribution >= 0.6 is 0 Å². The first-order valence-corrected chi connectivity index (χ1v) is 5.74. The minimum Gasteiger partial charge on any atom is -0.491 e. The fourth-order valence-electron chi connectivity index (χ4n) is 1.56. The van der Waals surface area contributed by atoms with Crippen molar-refractivity contribution in [3.63, 3.8) is 0 Å². The number of hydrogen-bond acceptors (Lipinski definition) is 2. The third-order valence-electron chi connectivity index (χ3n) is 2.53. The molecule has 0 bridgehead atoms. The maximum absolute atomic E-state index is 5.62. The van der Waals surface area contributed by atoms with Gasteiger partial charge in [-0.3, -0.25) is 0 Å². The molecule has 1 aromatic rings. The first-order chi connectivity index (χ1) is 8.20. The Balaban J connectivity index is 3.07. The lowest BCUT2D eigenvalue weighted by Gasteiger charge is -2.07. The quantitative estimate of drug-likeness (QED) is 0.721. The average Bonchev–Trinajstić information content (AvgIpc) is 2.32. The van der Waals surface area contributed by atoms with Crippen molar-refractivity contribution >= 4 is 12.7 Å². The van der Waals surface area contributed by atoms with E-state index in [1.54, 1.807) is 7.11 Å². The van der Waals surface area contributed by atoms with Crippen molar-refractivity contribution < 1.29 is 9.47 Å². The van der Waals surface area contributed by atoms with Crippen LogP contribution in [0.1, 0.15) is 12.5 Å². The Bertz CT molecular complexity index is 486. The zero-order valence-electron chi connectivity index (χ0n) is 10.8. The Morgan fingerprint density at radius 3 is 2.71 bits per heavy atom. The van der Waals surface area contributed by atoms with Crippen LogP contribution in [0.4, 0.5) is 0 Å². The van der Waals surface area contributed by atoms with Gasteiger partial charge in [0.15, 0.2) is 0 Å². The molecule has 0 aliphatic rings. The molecular formula is C15H20O2. The molecular weight excluding hydrogens is 212 g/mol. The van der Waals surface area contributed by atoms with E-state index in [0.29, 0.717) is 13.2 Å². The van der Waals surface area contributed by atoms with Crippen molar-refractivity contribution in [1.82, 2.24) is 0 Å². The highest BCUT2D eigenvalue weighted by Crippen LogP contribution is 2.01. The van der Waals surface area contributed by atoms with Gasteiger partial charge in [-0.05, 0) is 30.7 Å². The van der Waals surface area contributed by atoms with Gasteiger partial charge in [-0.25, -0.2) is 0 Å². The summed E-state index contributed by atoms with van der Waals surface area (Å²) in [5.74, 6) is 0.823. The summed E-state index contributed by atoms with van der Waals surface area (Å²) in [5.41, 5.74) is 1.20. The summed E-state index contributed by atoms with van der Waals surface area (Å²) >= 11 is 0. The first kappa shape index (κ1) is 13.5. The molecule has 0 N–H and O–H groups in total. The van der Waals surface area contributed by atoms with Gasteiger partial charge in [-0.15, -0.1) is 0 Å². The number of allylic oxidation sites excluding steroid dienone is 2. The highest BCUT2D eigenvalue weighted by Gasteiger charge is 1.98. The molecule has 0 aliphatic heterocycles. The number of benzene rings is 1. The molecule has 1 aromatic carbocycles. The summed E-state index contributed by atoms with van der Waals surface area (Å²) in [7, 11) is 1.66. The van der Waals surface area contributed by atoms with Crippen molar-refractivity contribution in [3.05, 3.63) is 40.3 Å². The molecule has 0 saturated carbocycles. The third-order valence-corrected chi connectivity index (χ3v) is 2.53. The van der Waals surface area contributed by atoms with Gasteiger partial charge in [-0.2, -0.15) is 0 Å². The van der Waals surface area contributed by atoms with E-state index in [2.05, 4.69) is 19.6 Å². The number of rotatable bonds is 5. The number of methoxy groups -OCH3 is 1. The van der Waals surface area contributed by atoms with Crippen molar-refractivity contribution in [2.24, 2.45) is 0 Å². The second kappa shape index (κ2) is 6.92. The Morgan fingerprint density at radius 2 is 2.06 bits per heavy atom. The summed E-state index contributed by atoms with van der Waals surface area (Å²) in [6.45, 7) is 9.28. The molecule has 0 heterocycles. The Hall–Kier alpha value is -1.54. The lowest BCUT2D eigenvalue weighted by Crippen LogP contribution is -2.28. The van der Waals surface area contributed by atoms with Crippen LogP contribution in [0.25, 0.3) is 12.7 Å². The van der Waals surface area contributed by atoms with Gasteiger partial charge in [0.2, 0.25) is 0 Å². The lowest BCUT2D eigenvalue weighted by molar-refractivity contribution is 0.146. The lowest BCUT2D eigenvalue weighted by atomic mass is 10.1. The second-order valence-corrected chi connectivity index (χ2v) is 3.81. The maximum Gasteiger partial charge on any atom is 0.126 e. The fourth-order valence-corrected chi connectivity index (χ4v) is 1.56. The summed E-state index contributed by atoms with van der Waals surface area (Å²) < 4.78 is 10.6. The number of aryl methyl sites for hydroxylation is 1. The Kier molecular flexibility index (Phi) is 5.50. The molecule has 0 fully saturated rings. The van der Waals surface area contributed by atoms with Gasteiger partial charge in [0.25, 0.3) is 0 Å². The standard InChI is InChI=1S/C15H20O2/c1-5-6-7-14-12(2)8-9-15(13(14)3)17-11-10-16-4/h5-9H,3,10-11H2,1-2,4H3/b6-5-,14-7-. The van der Waals surface area contributed by atoms with Crippen molar-refractivity contribution in [1.29, 1.82) is 0 Å². The largest absolute Gasteiger partial charge is 0.491 e. The highest BCUT2D eigenvalue weighted by atomic mass is 16.5. The van der Waals surface area contributed by atoms with Gasteiger partial charge in [-0.1, -0.05) is 30.9 Å². The Morgan fingerprint density at radius 1 is 1.29 bits per heavy atom. The normalized spacial score (nSPS) is 12.3. The zero-order valence-corrected chi connectivity index (χ0v) is 10.8. The van der Waals surface area contributed by atoms with Crippen LogP contribution in [0.3, 0.4) is 0 Å². The van der Waals surface area contributed by atoms with E-state index < -0.39 is 0 Å². The van der Waals surface area contributed by atoms with E-state index >= 15 is 0 Å². The molecule has 0 aliphatic carbocycles. The van der Waals surface area contributed by atoms with E-state index in [-0.39, 0.29) is 0 Å². The van der Waals surface area contributed by atoms with Gasteiger partial charge >= 0.3 is 0 Å². The molecule has 17 heavy (non-hydrogen) atoms. The second-order valence-electron chi connectivity index (χ2n) is 3.81. The SMILES string of the molecule is C=c1c(OCCOC)ccc(C)/c1=C/C=C\C.